The van der Waals surface area contributed by atoms with E-state index in [1.54, 1.807) is 31.5 Å². The van der Waals surface area contributed by atoms with Crippen molar-refractivity contribution in [3.63, 3.8) is 0 Å². The molecule has 2 N–H and O–H groups in total. The Morgan fingerprint density at radius 3 is 2.44 bits per heavy atom. The largest absolute Gasteiger partial charge is 0.497 e. The van der Waals surface area contributed by atoms with Crippen LogP contribution < -0.4 is 10.1 Å². The van der Waals surface area contributed by atoms with Gasteiger partial charge in [0, 0.05) is 35.3 Å². The number of carbonyl (C=O) groups excluding carboxylic acids is 1. The normalized spacial score (nSPS) is 11.8. The van der Waals surface area contributed by atoms with E-state index in [0.29, 0.717) is 24.5 Å². The summed E-state index contributed by atoms with van der Waals surface area (Å²) in [5.74, 6) is 2.00. The van der Waals surface area contributed by atoms with Crippen LogP contribution in [0.4, 0.5) is 0 Å². The molecule has 3 heterocycles. The molecule has 8 nitrogen and oxygen atoms in total. The average Bonchev–Trinajstić information content (AvgIpc) is 3.64. The molecule has 0 aliphatic carbocycles. The van der Waals surface area contributed by atoms with E-state index in [2.05, 4.69) is 37.1 Å². The molecule has 6 aromatic rings. The smallest absolute Gasteiger partial charge is 0.270 e. The molecule has 6 rings (SSSR count). The number of aromatic amines is 1. The molecule has 41 heavy (non-hydrogen) atoms. The van der Waals surface area contributed by atoms with Gasteiger partial charge in [0.05, 0.1) is 13.7 Å². The standard InChI is InChI=1S/C33H30N6O2/c1-41-25-17-14-24(15-18-25)22-39-30(19-16-23-9-3-2-4-10-23)37-38-32(39)31(36-33(40)29-13-7-8-20-34-29)27-21-35-28-12-6-5-11-26(27)28/h2-15,17-18,20-21,31,35H,16,19,22H2,1H3,(H,36,40)/t31-/m1/s1. The van der Waals surface area contributed by atoms with Crippen molar-refractivity contribution in [1.29, 1.82) is 0 Å². The lowest BCUT2D eigenvalue weighted by molar-refractivity contribution is 0.0936. The van der Waals surface area contributed by atoms with Gasteiger partial charge < -0.3 is 19.6 Å². The van der Waals surface area contributed by atoms with Crippen molar-refractivity contribution in [3.8, 4) is 5.75 Å². The fourth-order valence-corrected chi connectivity index (χ4v) is 5.05. The van der Waals surface area contributed by atoms with Crippen molar-refractivity contribution in [3.05, 3.63) is 143 Å². The summed E-state index contributed by atoms with van der Waals surface area (Å²) < 4.78 is 7.49. The van der Waals surface area contributed by atoms with Gasteiger partial charge in [0.2, 0.25) is 0 Å². The highest BCUT2D eigenvalue weighted by molar-refractivity contribution is 5.93. The molecule has 0 bridgehead atoms. The van der Waals surface area contributed by atoms with Crippen LogP contribution in [0.15, 0.2) is 109 Å². The molecule has 0 radical (unpaired) electrons. The van der Waals surface area contributed by atoms with Crippen molar-refractivity contribution >= 4 is 16.8 Å². The van der Waals surface area contributed by atoms with Gasteiger partial charge in [-0.15, -0.1) is 10.2 Å². The maximum atomic E-state index is 13.5. The first-order chi connectivity index (χ1) is 20.2. The van der Waals surface area contributed by atoms with Gasteiger partial charge in [-0.25, -0.2) is 0 Å². The van der Waals surface area contributed by atoms with Crippen molar-refractivity contribution < 1.29 is 9.53 Å². The number of para-hydroxylation sites is 1. The van der Waals surface area contributed by atoms with Crippen molar-refractivity contribution in [2.24, 2.45) is 0 Å². The number of nitrogens with zero attached hydrogens (tertiary/aromatic N) is 4. The highest BCUT2D eigenvalue weighted by Gasteiger charge is 2.28. The summed E-state index contributed by atoms with van der Waals surface area (Å²) in [6, 6.07) is 31.1. The molecule has 8 heteroatoms. The molecule has 204 valence electrons. The van der Waals surface area contributed by atoms with E-state index >= 15 is 0 Å². The monoisotopic (exact) mass is 542 g/mol. The lowest BCUT2D eigenvalue weighted by Crippen LogP contribution is -2.32. The predicted molar refractivity (Wildman–Crippen MR) is 158 cm³/mol. The predicted octanol–water partition coefficient (Wildman–Crippen LogP) is 5.52. The Kier molecular flexibility index (Phi) is 7.53. The molecule has 0 aliphatic heterocycles. The lowest BCUT2D eigenvalue weighted by Gasteiger charge is -2.20. The number of pyridine rings is 1. The third kappa shape index (κ3) is 5.72. The molecular formula is C33H30N6O2. The number of aromatic nitrogens is 5. The maximum absolute atomic E-state index is 13.5. The van der Waals surface area contributed by atoms with E-state index in [9.17, 15) is 4.79 Å². The first kappa shape index (κ1) is 26.0. The molecule has 0 aliphatic rings. The minimum atomic E-state index is -0.572. The molecule has 0 saturated carbocycles. The van der Waals surface area contributed by atoms with E-state index in [-0.39, 0.29) is 5.91 Å². The minimum absolute atomic E-state index is 0.286. The zero-order valence-corrected chi connectivity index (χ0v) is 22.7. The van der Waals surface area contributed by atoms with Crippen LogP contribution in [-0.4, -0.2) is 37.7 Å². The highest BCUT2D eigenvalue weighted by atomic mass is 16.5. The summed E-state index contributed by atoms with van der Waals surface area (Å²) >= 11 is 0. The van der Waals surface area contributed by atoms with Gasteiger partial charge in [-0.05, 0) is 47.9 Å². The SMILES string of the molecule is COc1ccc(Cn2c(CCc3ccccc3)nnc2[C@H](NC(=O)c2ccccn2)c2c[nH]c3ccccc23)cc1. The molecule has 0 fully saturated rings. The number of methoxy groups -OCH3 is 1. The molecule has 3 aromatic heterocycles. The summed E-state index contributed by atoms with van der Waals surface area (Å²) in [5.41, 5.74) is 4.52. The van der Waals surface area contributed by atoms with Gasteiger partial charge in [-0.1, -0.05) is 66.7 Å². The van der Waals surface area contributed by atoms with E-state index in [1.165, 1.54) is 5.56 Å². The third-order valence-electron chi connectivity index (χ3n) is 7.20. The Labute approximate surface area is 238 Å². The number of rotatable bonds is 10. The molecular weight excluding hydrogens is 512 g/mol. The second-order valence-electron chi connectivity index (χ2n) is 9.81. The van der Waals surface area contributed by atoms with Gasteiger partial charge in [-0.3, -0.25) is 9.78 Å². The molecule has 1 amide bonds. The number of aryl methyl sites for hydroxylation is 2. The Bertz CT molecular complexity index is 1740. The molecule has 1 atom stereocenters. The second-order valence-corrected chi connectivity index (χ2v) is 9.81. The summed E-state index contributed by atoms with van der Waals surface area (Å²) in [5, 5.41) is 13.6. The first-order valence-electron chi connectivity index (χ1n) is 13.6. The van der Waals surface area contributed by atoms with Crippen LogP contribution in [0, 0.1) is 0 Å². The number of amides is 1. The highest BCUT2D eigenvalue weighted by Crippen LogP contribution is 2.30. The number of hydrogen-bond acceptors (Lipinski definition) is 5. The van der Waals surface area contributed by atoms with Gasteiger partial charge in [0.15, 0.2) is 5.82 Å². The Hall–Kier alpha value is -5.24. The topological polar surface area (TPSA) is 97.7 Å². The summed E-state index contributed by atoms with van der Waals surface area (Å²) in [7, 11) is 1.66. The van der Waals surface area contributed by atoms with Crippen LogP contribution >= 0.6 is 0 Å². The average molecular weight is 543 g/mol. The Balaban J connectivity index is 1.43. The minimum Gasteiger partial charge on any atom is -0.497 e. The summed E-state index contributed by atoms with van der Waals surface area (Å²) in [6.07, 6.45) is 5.06. The Morgan fingerprint density at radius 2 is 1.66 bits per heavy atom. The number of fused-ring (bicyclic) bond motifs is 1. The van der Waals surface area contributed by atoms with Gasteiger partial charge in [0.25, 0.3) is 5.91 Å². The number of nitrogens with one attached hydrogen (secondary N) is 2. The van der Waals surface area contributed by atoms with Crippen molar-refractivity contribution in [2.45, 2.75) is 25.4 Å². The lowest BCUT2D eigenvalue weighted by atomic mass is 10.0. The molecule has 0 saturated heterocycles. The molecule has 3 aromatic carbocycles. The number of carbonyl (C=O) groups is 1. The molecule has 0 spiro atoms. The van der Waals surface area contributed by atoms with Gasteiger partial charge in [0.1, 0.15) is 23.3 Å². The fourth-order valence-electron chi connectivity index (χ4n) is 5.05. The quantitative estimate of drug-likeness (QED) is 0.238. The maximum Gasteiger partial charge on any atom is 0.270 e. The number of hydrogen-bond donors (Lipinski definition) is 2. The second kappa shape index (κ2) is 11.9. The van der Waals surface area contributed by atoms with E-state index in [1.807, 2.05) is 72.9 Å². The summed E-state index contributed by atoms with van der Waals surface area (Å²) in [4.78, 5) is 21.1. The van der Waals surface area contributed by atoms with Crippen LogP contribution in [0.25, 0.3) is 10.9 Å². The van der Waals surface area contributed by atoms with Crippen LogP contribution in [0.1, 0.15) is 44.9 Å². The van der Waals surface area contributed by atoms with Crippen molar-refractivity contribution in [2.75, 3.05) is 7.11 Å². The third-order valence-corrected chi connectivity index (χ3v) is 7.20. The number of benzene rings is 3. The van der Waals surface area contributed by atoms with Gasteiger partial charge >= 0.3 is 0 Å². The molecule has 0 unspecified atom stereocenters. The van der Waals surface area contributed by atoms with Crippen molar-refractivity contribution in [1.82, 2.24) is 30.0 Å². The van der Waals surface area contributed by atoms with E-state index in [4.69, 9.17) is 9.84 Å². The number of H-pyrrole nitrogens is 1. The fraction of sp³-hybridized carbons (Fsp3) is 0.152. The van der Waals surface area contributed by atoms with Crippen LogP contribution in [-0.2, 0) is 19.4 Å². The zero-order chi connectivity index (χ0) is 28.0. The zero-order valence-electron chi connectivity index (χ0n) is 22.7. The first-order valence-corrected chi connectivity index (χ1v) is 13.6. The van der Waals surface area contributed by atoms with Crippen LogP contribution in [0.5, 0.6) is 5.75 Å². The van der Waals surface area contributed by atoms with E-state index < -0.39 is 6.04 Å². The van der Waals surface area contributed by atoms with Crippen LogP contribution in [0.3, 0.4) is 0 Å². The number of ether oxygens (including phenoxy) is 1. The summed E-state index contributed by atoms with van der Waals surface area (Å²) in [6.45, 7) is 0.536. The van der Waals surface area contributed by atoms with Crippen LogP contribution in [0.2, 0.25) is 0 Å². The Morgan fingerprint density at radius 1 is 0.878 bits per heavy atom. The van der Waals surface area contributed by atoms with E-state index in [0.717, 1.165) is 40.0 Å². The van der Waals surface area contributed by atoms with Gasteiger partial charge in [-0.2, -0.15) is 0 Å².